The summed E-state index contributed by atoms with van der Waals surface area (Å²) < 4.78 is 11.9. The van der Waals surface area contributed by atoms with Gasteiger partial charge < -0.3 is 14.1 Å². The third-order valence-electron chi connectivity index (χ3n) is 4.23. The van der Waals surface area contributed by atoms with E-state index in [2.05, 4.69) is 20.3 Å². The van der Waals surface area contributed by atoms with E-state index in [1.807, 2.05) is 42.5 Å². The molecule has 0 unspecified atom stereocenters. The van der Waals surface area contributed by atoms with Gasteiger partial charge in [0.05, 0.1) is 18.8 Å². The lowest BCUT2D eigenvalue weighted by molar-refractivity contribution is 0.327. The molecule has 0 aliphatic rings. The van der Waals surface area contributed by atoms with Gasteiger partial charge in [-0.2, -0.15) is 4.98 Å². The zero-order valence-electron chi connectivity index (χ0n) is 16.7. The number of ether oxygens (including phenoxy) is 1. The van der Waals surface area contributed by atoms with Crippen LogP contribution >= 0.6 is 0 Å². The maximum Gasteiger partial charge on any atom is 0.257 e. The summed E-state index contributed by atoms with van der Waals surface area (Å²) >= 11 is 0. The fourth-order valence-electron chi connectivity index (χ4n) is 2.71. The number of benzene rings is 2. The highest BCUT2D eigenvalue weighted by molar-refractivity contribution is 5.58. The van der Waals surface area contributed by atoms with Crippen molar-refractivity contribution in [3.8, 4) is 23.0 Å². The van der Waals surface area contributed by atoms with Crippen molar-refractivity contribution in [2.24, 2.45) is 5.16 Å². The second-order valence-corrected chi connectivity index (χ2v) is 6.53. The Bertz CT molecular complexity index is 1220. The first-order valence-electron chi connectivity index (χ1n) is 9.50. The van der Waals surface area contributed by atoms with E-state index < -0.39 is 0 Å². The molecule has 0 aliphatic heterocycles. The topological polar surface area (TPSA) is 105 Å². The third-order valence-corrected chi connectivity index (χ3v) is 4.23. The number of hydrogen-bond acceptors (Lipinski definition) is 8. The molecular weight excluding hydrogens is 398 g/mol. The second kappa shape index (κ2) is 9.49. The normalized spacial score (nSPS) is 11.0. The largest absolute Gasteiger partial charge is 0.471 e. The molecule has 9 nitrogen and oxygen atoms in total. The van der Waals surface area contributed by atoms with Crippen molar-refractivity contribution >= 4 is 6.21 Å². The molecule has 2 aromatic carbocycles. The van der Waals surface area contributed by atoms with Crippen LogP contribution in [-0.4, -0.2) is 32.5 Å². The SMILES string of the molecule is Cc1nc(-c2ccc(Cn3cnc(OCC=NOc4ccccc4)cc3=O)cc2)no1. The van der Waals surface area contributed by atoms with E-state index in [9.17, 15) is 4.79 Å². The Hall–Kier alpha value is -4.27. The van der Waals surface area contributed by atoms with Crippen LogP contribution in [0.4, 0.5) is 0 Å². The summed E-state index contributed by atoms with van der Waals surface area (Å²) in [5.74, 6) is 1.88. The predicted molar refractivity (Wildman–Crippen MR) is 113 cm³/mol. The Labute approximate surface area is 177 Å². The highest BCUT2D eigenvalue weighted by atomic mass is 16.6. The average molecular weight is 417 g/mol. The van der Waals surface area contributed by atoms with Crippen LogP contribution in [0.3, 0.4) is 0 Å². The monoisotopic (exact) mass is 417 g/mol. The van der Waals surface area contributed by atoms with Crippen molar-refractivity contribution in [3.63, 3.8) is 0 Å². The average Bonchev–Trinajstić information content (AvgIpc) is 3.23. The molecule has 2 aromatic heterocycles. The quantitative estimate of drug-likeness (QED) is 0.320. The molecule has 0 atom stereocenters. The van der Waals surface area contributed by atoms with Crippen molar-refractivity contribution in [1.82, 2.24) is 19.7 Å². The molecule has 0 saturated heterocycles. The zero-order valence-corrected chi connectivity index (χ0v) is 16.7. The van der Waals surface area contributed by atoms with Crippen molar-refractivity contribution in [2.75, 3.05) is 6.61 Å². The van der Waals surface area contributed by atoms with E-state index in [-0.39, 0.29) is 18.0 Å². The van der Waals surface area contributed by atoms with Crippen molar-refractivity contribution in [2.45, 2.75) is 13.5 Å². The number of aryl methyl sites for hydroxylation is 1. The molecule has 2 heterocycles. The van der Waals surface area contributed by atoms with E-state index in [0.29, 0.717) is 24.0 Å². The fourth-order valence-corrected chi connectivity index (χ4v) is 2.71. The summed E-state index contributed by atoms with van der Waals surface area (Å²) in [6.45, 7) is 2.24. The Kier molecular flexibility index (Phi) is 6.13. The van der Waals surface area contributed by atoms with Crippen LogP contribution in [-0.2, 0) is 6.54 Å². The van der Waals surface area contributed by atoms with Crippen LogP contribution in [0, 0.1) is 6.92 Å². The molecule has 0 fully saturated rings. The summed E-state index contributed by atoms with van der Waals surface area (Å²) in [7, 11) is 0. The van der Waals surface area contributed by atoms with Gasteiger partial charge in [-0.15, -0.1) is 0 Å². The predicted octanol–water partition coefficient (Wildman–Crippen LogP) is 3.09. The molecule has 0 spiro atoms. The summed E-state index contributed by atoms with van der Waals surface area (Å²) in [6, 6.07) is 18.1. The first-order valence-corrected chi connectivity index (χ1v) is 9.50. The van der Waals surface area contributed by atoms with Crippen LogP contribution in [0.25, 0.3) is 11.4 Å². The van der Waals surface area contributed by atoms with Crippen LogP contribution < -0.4 is 15.1 Å². The first-order chi connectivity index (χ1) is 15.2. The molecule has 9 heteroatoms. The molecule has 0 radical (unpaired) electrons. The number of para-hydroxylation sites is 1. The fraction of sp³-hybridized carbons (Fsp3) is 0.136. The van der Waals surface area contributed by atoms with Crippen LogP contribution in [0.2, 0.25) is 0 Å². The number of rotatable bonds is 8. The maximum atomic E-state index is 12.4. The van der Waals surface area contributed by atoms with Crippen LogP contribution in [0.15, 0.2) is 81.5 Å². The molecule has 0 saturated carbocycles. The van der Waals surface area contributed by atoms with Gasteiger partial charge in [0, 0.05) is 12.5 Å². The van der Waals surface area contributed by atoms with Crippen molar-refractivity contribution in [3.05, 3.63) is 88.8 Å². The molecular formula is C22H19N5O4. The smallest absolute Gasteiger partial charge is 0.257 e. The Morgan fingerprint density at radius 2 is 1.94 bits per heavy atom. The molecule has 0 N–H and O–H groups in total. The second-order valence-electron chi connectivity index (χ2n) is 6.53. The number of aromatic nitrogens is 4. The first kappa shape index (κ1) is 20.0. The molecule has 0 bridgehead atoms. The molecule has 0 amide bonds. The Morgan fingerprint density at radius 3 is 2.65 bits per heavy atom. The Balaban J connectivity index is 1.31. The lowest BCUT2D eigenvalue weighted by Gasteiger charge is -2.07. The van der Waals surface area contributed by atoms with Gasteiger partial charge in [0.25, 0.3) is 5.56 Å². The van der Waals surface area contributed by atoms with Gasteiger partial charge in [-0.1, -0.05) is 52.8 Å². The molecule has 31 heavy (non-hydrogen) atoms. The summed E-state index contributed by atoms with van der Waals surface area (Å²) in [5.41, 5.74) is 1.56. The summed E-state index contributed by atoms with van der Waals surface area (Å²) in [6.07, 6.45) is 2.90. The van der Waals surface area contributed by atoms with Crippen molar-refractivity contribution in [1.29, 1.82) is 0 Å². The third kappa shape index (κ3) is 5.41. The van der Waals surface area contributed by atoms with E-state index in [4.69, 9.17) is 14.1 Å². The van der Waals surface area contributed by atoms with Gasteiger partial charge in [0.2, 0.25) is 17.6 Å². The van der Waals surface area contributed by atoms with Gasteiger partial charge in [-0.25, -0.2) is 4.98 Å². The molecule has 156 valence electrons. The van der Waals surface area contributed by atoms with E-state index in [0.717, 1.165) is 11.1 Å². The Morgan fingerprint density at radius 1 is 1.13 bits per heavy atom. The van der Waals surface area contributed by atoms with Crippen LogP contribution in [0.1, 0.15) is 11.5 Å². The molecule has 0 aliphatic carbocycles. The standard InChI is InChI=1S/C22H19N5O4/c1-16-25-22(26-30-16)18-9-7-17(8-10-18)14-27-15-23-20(13-21(27)28)29-12-11-24-31-19-5-3-2-4-6-19/h2-11,13,15H,12,14H2,1H3. The van der Waals surface area contributed by atoms with Gasteiger partial charge in [-0.05, 0) is 17.7 Å². The van der Waals surface area contributed by atoms with E-state index in [1.54, 1.807) is 19.1 Å². The van der Waals surface area contributed by atoms with Gasteiger partial charge >= 0.3 is 0 Å². The zero-order chi connectivity index (χ0) is 21.5. The minimum Gasteiger partial charge on any atom is -0.471 e. The van der Waals surface area contributed by atoms with Gasteiger partial charge in [0.1, 0.15) is 12.9 Å². The van der Waals surface area contributed by atoms with Gasteiger partial charge in [-0.3, -0.25) is 9.36 Å². The number of oxime groups is 1. The number of hydrogen-bond donors (Lipinski definition) is 0. The lowest BCUT2D eigenvalue weighted by Crippen LogP contribution is -2.20. The van der Waals surface area contributed by atoms with Crippen molar-refractivity contribution < 1.29 is 14.1 Å². The molecule has 4 rings (SSSR count). The summed E-state index contributed by atoms with van der Waals surface area (Å²) in [4.78, 5) is 25.9. The molecule has 4 aromatic rings. The minimum absolute atomic E-state index is 0.125. The number of nitrogens with zero attached hydrogens (tertiary/aromatic N) is 5. The summed E-state index contributed by atoms with van der Waals surface area (Å²) in [5, 5.41) is 7.70. The van der Waals surface area contributed by atoms with Crippen LogP contribution in [0.5, 0.6) is 11.6 Å². The minimum atomic E-state index is -0.222. The van der Waals surface area contributed by atoms with E-state index >= 15 is 0 Å². The highest BCUT2D eigenvalue weighted by Crippen LogP contribution is 2.16. The highest BCUT2D eigenvalue weighted by Gasteiger charge is 2.06. The van der Waals surface area contributed by atoms with E-state index in [1.165, 1.54) is 23.2 Å². The maximum absolute atomic E-state index is 12.4. The van der Waals surface area contributed by atoms with Gasteiger partial charge in [0.15, 0.2) is 5.75 Å². The lowest BCUT2D eigenvalue weighted by atomic mass is 10.1.